The van der Waals surface area contributed by atoms with Crippen LogP contribution in [0.5, 0.6) is 0 Å². The van der Waals surface area contributed by atoms with Gasteiger partial charge in [0.1, 0.15) is 0 Å². The molecule has 0 spiro atoms. The normalized spacial score (nSPS) is 27.5. The number of hydrogen-bond donors (Lipinski definition) is 0. The van der Waals surface area contributed by atoms with E-state index in [2.05, 4.69) is 0 Å². The first-order chi connectivity index (χ1) is 6.75. The first-order valence-electron chi connectivity index (χ1n) is 4.34. The third-order valence-corrected chi connectivity index (χ3v) is 3.85. The molecule has 1 aliphatic heterocycles. The van der Waals surface area contributed by atoms with Gasteiger partial charge in [-0.1, -0.05) is 23.7 Å². The van der Waals surface area contributed by atoms with Crippen LogP contribution in [0.2, 0.25) is 5.02 Å². The molecule has 1 unspecified atom stereocenters. The molecule has 2 nitrogen and oxygen atoms in total. The van der Waals surface area contributed by atoms with Crippen LogP contribution in [0.1, 0.15) is 18.1 Å². The molecule has 1 fully saturated rings. The third kappa shape index (κ3) is 2.56. The first-order valence-corrected chi connectivity index (χ1v) is 7.17. The van der Waals surface area contributed by atoms with Gasteiger partial charge in [-0.15, -0.1) is 0 Å². The van der Waals surface area contributed by atoms with Gasteiger partial charge in [-0.2, -0.15) is 0 Å². The summed E-state index contributed by atoms with van der Waals surface area (Å²) in [6.07, 6.45) is 0.916. The van der Waals surface area contributed by atoms with E-state index in [1.54, 1.807) is 0 Å². The third-order valence-electron chi connectivity index (χ3n) is 2.06. The second-order valence-corrected chi connectivity index (χ2v) is 5.51. The number of benzene rings is 1. The van der Waals surface area contributed by atoms with E-state index in [9.17, 15) is 0 Å². The van der Waals surface area contributed by atoms with E-state index >= 15 is 0 Å². The minimum absolute atomic E-state index is 0.0637. The minimum Gasteiger partial charge on any atom is -0.331 e. The molecule has 0 aromatic heterocycles. The van der Waals surface area contributed by atoms with E-state index in [0.717, 1.165) is 17.0 Å². The maximum atomic E-state index is 5.90. The Bertz CT molecular complexity index is 358. The van der Waals surface area contributed by atoms with Gasteiger partial charge in [0.15, 0.2) is 7.15 Å². The van der Waals surface area contributed by atoms with Gasteiger partial charge >= 0.3 is 0 Å². The van der Waals surface area contributed by atoms with Crippen molar-refractivity contribution in [3.8, 4) is 0 Å². The average molecular weight is 249 g/mol. The van der Waals surface area contributed by atoms with Crippen molar-refractivity contribution in [3.63, 3.8) is 0 Å². The summed E-state index contributed by atoms with van der Waals surface area (Å²) >= 11 is 10.9. The quantitative estimate of drug-likeness (QED) is 0.711. The lowest BCUT2D eigenvalue weighted by atomic mass is 10.1. The van der Waals surface area contributed by atoms with Crippen LogP contribution in [0.25, 0.3) is 0 Å². The van der Waals surface area contributed by atoms with Crippen molar-refractivity contribution >= 4 is 30.6 Å². The van der Waals surface area contributed by atoms with Crippen molar-refractivity contribution in [1.82, 2.24) is 0 Å². The first kappa shape index (κ1) is 10.6. The van der Waals surface area contributed by atoms with Crippen molar-refractivity contribution in [2.24, 2.45) is 0 Å². The second-order valence-electron chi connectivity index (χ2n) is 3.05. The summed E-state index contributed by atoms with van der Waals surface area (Å²) < 4.78 is 10.8. The molecule has 0 amide bonds. The minimum atomic E-state index is -1.46. The van der Waals surface area contributed by atoms with Crippen LogP contribution in [0.3, 0.4) is 0 Å². The van der Waals surface area contributed by atoms with Gasteiger partial charge in [-0.05, 0) is 29.5 Å². The summed E-state index contributed by atoms with van der Waals surface area (Å²) in [6, 6.07) is 7.70. The van der Waals surface area contributed by atoms with Crippen LogP contribution in [-0.4, -0.2) is 6.61 Å². The van der Waals surface area contributed by atoms with Crippen LogP contribution in [0, 0.1) is 0 Å². The van der Waals surface area contributed by atoms with Crippen LogP contribution >= 0.6 is 18.8 Å². The lowest BCUT2D eigenvalue weighted by molar-refractivity contribution is 0.119. The monoisotopic (exact) mass is 248 g/mol. The fourth-order valence-electron chi connectivity index (χ4n) is 1.40. The Labute approximate surface area is 93.8 Å². The van der Waals surface area contributed by atoms with Gasteiger partial charge in [0.05, 0.1) is 12.7 Å². The fourth-order valence-corrected chi connectivity index (χ4v) is 3.04. The molecule has 1 saturated heterocycles. The fraction of sp³-hybridized carbons (Fsp3) is 0.333. The zero-order chi connectivity index (χ0) is 9.97. The molecular weight excluding hydrogens is 239 g/mol. The lowest BCUT2D eigenvalue weighted by Gasteiger charge is -2.24. The second kappa shape index (κ2) is 4.73. The van der Waals surface area contributed by atoms with Gasteiger partial charge in [0.25, 0.3) is 0 Å². The maximum absolute atomic E-state index is 5.90. The summed E-state index contributed by atoms with van der Waals surface area (Å²) in [5.74, 6) is 0. The highest BCUT2D eigenvalue weighted by molar-refractivity contribution is 8.00. The molecule has 76 valence electrons. The van der Waals surface area contributed by atoms with E-state index in [4.69, 9.17) is 32.5 Å². The molecule has 1 aromatic carbocycles. The van der Waals surface area contributed by atoms with Gasteiger partial charge in [-0.25, -0.2) is 0 Å². The summed E-state index contributed by atoms with van der Waals surface area (Å²) in [6.45, 7) is 0.689. The molecule has 0 aliphatic carbocycles. The number of hydrogen-bond acceptors (Lipinski definition) is 3. The molecule has 0 N–H and O–H groups in total. The van der Waals surface area contributed by atoms with Crippen LogP contribution in [0.4, 0.5) is 0 Å². The smallest absolute Gasteiger partial charge is 0.176 e. The summed E-state index contributed by atoms with van der Waals surface area (Å²) in [5, 5.41) is 0.732. The molecule has 2 atom stereocenters. The standard InChI is InChI=1S/C9H10ClO2PS/c10-8-3-1-2-7(6-8)9-4-5-11-13(14)12-9/h1-3,6,9,13H,4-5H2/t9-/m1/s1. The van der Waals surface area contributed by atoms with Gasteiger partial charge in [0, 0.05) is 11.4 Å². The maximum Gasteiger partial charge on any atom is 0.176 e. The van der Waals surface area contributed by atoms with Crippen molar-refractivity contribution in [2.45, 2.75) is 12.5 Å². The van der Waals surface area contributed by atoms with Crippen molar-refractivity contribution in [3.05, 3.63) is 34.9 Å². The SMILES string of the molecule is S=[PH]1OCC[C@H](c2cccc(Cl)c2)O1. The highest BCUT2D eigenvalue weighted by Crippen LogP contribution is 2.40. The molecule has 5 heteroatoms. The van der Waals surface area contributed by atoms with E-state index in [1.807, 2.05) is 24.3 Å². The van der Waals surface area contributed by atoms with Gasteiger partial charge in [-0.3, -0.25) is 0 Å². The molecule has 0 saturated carbocycles. The van der Waals surface area contributed by atoms with E-state index < -0.39 is 7.15 Å². The predicted octanol–water partition coefficient (Wildman–Crippen LogP) is 3.32. The van der Waals surface area contributed by atoms with Crippen LogP contribution in [0.15, 0.2) is 24.3 Å². The molecule has 2 rings (SSSR count). The summed E-state index contributed by atoms with van der Waals surface area (Å²) in [5.41, 5.74) is 1.09. The van der Waals surface area contributed by atoms with E-state index in [-0.39, 0.29) is 6.10 Å². The number of rotatable bonds is 1. The van der Waals surface area contributed by atoms with Crippen LogP contribution < -0.4 is 0 Å². The summed E-state index contributed by atoms with van der Waals surface area (Å²) in [4.78, 5) is 0. The van der Waals surface area contributed by atoms with Crippen molar-refractivity contribution in [1.29, 1.82) is 0 Å². The zero-order valence-corrected chi connectivity index (χ0v) is 9.98. The molecule has 14 heavy (non-hydrogen) atoms. The molecule has 1 heterocycles. The van der Waals surface area contributed by atoms with Crippen molar-refractivity contribution in [2.75, 3.05) is 6.61 Å². The topological polar surface area (TPSA) is 18.5 Å². The molecular formula is C9H10ClO2PS. The van der Waals surface area contributed by atoms with E-state index in [1.165, 1.54) is 0 Å². The zero-order valence-electron chi connectivity index (χ0n) is 7.40. The highest BCUT2D eigenvalue weighted by Gasteiger charge is 2.18. The van der Waals surface area contributed by atoms with Crippen LogP contribution in [-0.2, 0) is 20.9 Å². The van der Waals surface area contributed by atoms with Gasteiger partial charge < -0.3 is 9.05 Å². The molecule has 0 bridgehead atoms. The van der Waals surface area contributed by atoms with E-state index in [0.29, 0.717) is 6.61 Å². The average Bonchev–Trinajstić information content (AvgIpc) is 2.18. The van der Waals surface area contributed by atoms with Crippen molar-refractivity contribution < 1.29 is 9.05 Å². The largest absolute Gasteiger partial charge is 0.331 e. The Morgan fingerprint density at radius 3 is 3.07 bits per heavy atom. The van der Waals surface area contributed by atoms with Gasteiger partial charge in [0.2, 0.25) is 0 Å². The molecule has 1 aromatic rings. The number of halogens is 1. The Kier molecular flexibility index (Phi) is 3.58. The Hall–Kier alpha value is 0.0800. The Balaban J connectivity index is 2.17. The summed E-state index contributed by atoms with van der Waals surface area (Å²) in [7, 11) is -1.46. The Morgan fingerprint density at radius 1 is 1.50 bits per heavy atom. The molecule has 0 radical (unpaired) electrons. The Morgan fingerprint density at radius 2 is 2.36 bits per heavy atom. The molecule has 1 aliphatic rings. The lowest BCUT2D eigenvalue weighted by Crippen LogP contribution is -2.08. The highest BCUT2D eigenvalue weighted by atomic mass is 35.5. The predicted molar refractivity (Wildman–Crippen MR) is 61.5 cm³/mol.